The zero-order chi connectivity index (χ0) is 18.0. The number of rotatable bonds is 4. The van der Waals surface area contributed by atoms with Crippen LogP contribution in [0.3, 0.4) is 0 Å². The molecule has 2 atom stereocenters. The van der Waals surface area contributed by atoms with Gasteiger partial charge in [-0.3, -0.25) is 9.36 Å². The van der Waals surface area contributed by atoms with Crippen LogP contribution in [0.1, 0.15) is 25.0 Å². The Morgan fingerprint density at radius 1 is 1.20 bits per heavy atom. The van der Waals surface area contributed by atoms with E-state index in [0.29, 0.717) is 18.8 Å². The van der Waals surface area contributed by atoms with E-state index in [2.05, 4.69) is 37.0 Å². The smallest absolute Gasteiger partial charge is 0.233 e. The average molecular weight is 359 g/mol. The molecule has 0 spiro atoms. The number of aromatic nitrogens is 2. The summed E-state index contributed by atoms with van der Waals surface area (Å²) in [5.41, 5.74) is 3.51. The molecular formula is C19H25N3O2S. The Balaban J connectivity index is 1.68. The second kappa shape index (κ2) is 7.62. The highest BCUT2D eigenvalue weighted by Gasteiger charge is 2.26. The van der Waals surface area contributed by atoms with Crippen LogP contribution in [-0.2, 0) is 9.53 Å². The quantitative estimate of drug-likeness (QED) is 0.787. The Labute approximate surface area is 153 Å². The van der Waals surface area contributed by atoms with Crippen molar-refractivity contribution in [3.8, 4) is 5.69 Å². The topological polar surface area (TPSA) is 47.4 Å². The van der Waals surface area contributed by atoms with E-state index in [0.717, 1.165) is 10.8 Å². The lowest BCUT2D eigenvalue weighted by Gasteiger charge is -2.35. The molecule has 1 aliphatic heterocycles. The Kier molecular flexibility index (Phi) is 5.49. The molecule has 1 aliphatic rings. The first-order chi connectivity index (χ1) is 11.9. The predicted octanol–water partition coefficient (Wildman–Crippen LogP) is 3.22. The third kappa shape index (κ3) is 4.44. The van der Waals surface area contributed by atoms with Crippen LogP contribution in [-0.4, -0.2) is 51.4 Å². The Bertz CT molecular complexity index is 729. The summed E-state index contributed by atoms with van der Waals surface area (Å²) in [5.74, 6) is 0.531. The lowest BCUT2D eigenvalue weighted by molar-refractivity contribution is -0.140. The third-order valence-electron chi connectivity index (χ3n) is 4.19. The number of hydrogen-bond acceptors (Lipinski definition) is 4. The second-order valence-corrected chi connectivity index (χ2v) is 7.71. The predicted molar refractivity (Wildman–Crippen MR) is 100 cm³/mol. The molecule has 0 aliphatic carbocycles. The molecule has 1 saturated heterocycles. The molecule has 25 heavy (non-hydrogen) atoms. The number of hydrogen-bond donors (Lipinski definition) is 0. The number of ether oxygens (including phenoxy) is 1. The van der Waals surface area contributed by atoms with Crippen LogP contribution in [0.25, 0.3) is 5.69 Å². The van der Waals surface area contributed by atoms with E-state index in [-0.39, 0.29) is 18.1 Å². The van der Waals surface area contributed by atoms with Gasteiger partial charge in [-0.25, -0.2) is 4.98 Å². The van der Waals surface area contributed by atoms with Crippen LogP contribution >= 0.6 is 11.8 Å². The van der Waals surface area contributed by atoms with E-state index < -0.39 is 0 Å². The van der Waals surface area contributed by atoms with Crippen molar-refractivity contribution in [2.75, 3.05) is 18.8 Å². The highest BCUT2D eigenvalue weighted by molar-refractivity contribution is 7.99. The summed E-state index contributed by atoms with van der Waals surface area (Å²) in [6, 6.07) is 6.41. The fourth-order valence-electron chi connectivity index (χ4n) is 3.28. The second-order valence-electron chi connectivity index (χ2n) is 6.77. The summed E-state index contributed by atoms with van der Waals surface area (Å²) in [5, 5.41) is 0.840. The van der Waals surface area contributed by atoms with Crippen molar-refractivity contribution in [2.24, 2.45) is 0 Å². The summed E-state index contributed by atoms with van der Waals surface area (Å²) >= 11 is 1.48. The Morgan fingerprint density at radius 3 is 2.48 bits per heavy atom. The molecule has 2 heterocycles. The molecule has 1 fully saturated rings. The minimum atomic E-state index is 0.0926. The van der Waals surface area contributed by atoms with Crippen LogP contribution < -0.4 is 0 Å². The minimum absolute atomic E-state index is 0.0926. The lowest BCUT2D eigenvalue weighted by Crippen LogP contribution is -2.48. The van der Waals surface area contributed by atoms with Gasteiger partial charge in [0.25, 0.3) is 0 Å². The van der Waals surface area contributed by atoms with E-state index in [9.17, 15) is 4.79 Å². The monoisotopic (exact) mass is 359 g/mol. The summed E-state index contributed by atoms with van der Waals surface area (Å²) in [6.45, 7) is 9.52. The third-order valence-corrected chi connectivity index (χ3v) is 5.14. The van der Waals surface area contributed by atoms with E-state index in [1.807, 2.05) is 29.5 Å². The maximum Gasteiger partial charge on any atom is 0.233 e. The van der Waals surface area contributed by atoms with E-state index in [1.165, 1.54) is 22.9 Å². The average Bonchev–Trinajstić information content (AvgIpc) is 2.99. The highest BCUT2D eigenvalue weighted by Crippen LogP contribution is 2.23. The van der Waals surface area contributed by atoms with Gasteiger partial charge in [-0.05, 0) is 51.0 Å². The molecule has 0 unspecified atom stereocenters. The van der Waals surface area contributed by atoms with E-state index >= 15 is 0 Å². The molecule has 1 aromatic heterocycles. The number of nitrogens with zero attached hydrogens (tertiary/aromatic N) is 3. The van der Waals surface area contributed by atoms with Crippen LogP contribution in [0.5, 0.6) is 0 Å². The van der Waals surface area contributed by atoms with Crippen molar-refractivity contribution in [3.05, 3.63) is 41.7 Å². The van der Waals surface area contributed by atoms with Crippen LogP contribution in [0.4, 0.5) is 0 Å². The van der Waals surface area contributed by atoms with Crippen LogP contribution in [0, 0.1) is 13.8 Å². The summed E-state index contributed by atoms with van der Waals surface area (Å²) in [6.07, 6.45) is 3.91. The first kappa shape index (κ1) is 18.0. The molecule has 0 N–H and O–H groups in total. The number of thioether (sulfide) groups is 1. The van der Waals surface area contributed by atoms with Gasteiger partial charge >= 0.3 is 0 Å². The normalized spacial score (nSPS) is 20.7. The number of aryl methyl sites for hydroxylation is 2. The van der Waals surface area contributed by atoms with Gasteiger partial charge in [-0.2, -0.15) is 0 Å². The van der Waals surface area contributed by atoms with Gasteiger partial charge in [-0.15, -0.1) is 0 Å². The van der Waals surface area contributed by atoms with Crippen LogP contribution in [0.2, 0.25) is 0 Å². The fraction of sp³-hybridized carbons (Fsp3) is 0.474. The Hall–Kier alpha value is -1.79. The van der Waals surface area contributed by atoms with Gasteiger partial charge in [-0.1, -0.05) is 17.8 Å². The zero-order valence-electron chi connectivity index (χ0n) is 15.2. The standard InChI is InChI=1S/C19H25N3O2S/c1-13-7-14(2)9-17(8-13)22-6-5-20-19(22)25-12-18(23)21-10-15(3)24-16(4)11-21/h5-9,15-16H,10-12H2,1-4H3/t15-,16+. The molecule has 5 nitrogen and oxygen atoms in total. The summed E-state index contributed by atoms with van der Waals surface area (Å²) < 4.78 is 7.74. The number of carbonyl (C=O) groups excluding carboxylic acids is 1. The molecule has 0 saturated carbocycles. The number of imidazole rings is 1. The number of carbonyl (C=O) groups is 1. The van der Waals surface area contributed by atoms with Gasteiger partial charge in [0.1, 0.15) is 0 Å². The van der Waals surface area contributed by atoms with Crippen molar-refractivity contribution >= 4 is 17.7 Å². The molecule has 2 aromatic rings. The first-order valence-electron chi connectivity index (χ1n) is 8.60. The largest absolute Gasteiger partial charge is 0.372 e. The molecule has 0 bridgehead atoms. The summed E-state index contributed by atoms with van der Waals surface area (Å²) in [4.78, 5) is 18.9. The minimum Gasteiger partial charge on any atom is -0.372 e. The van der Waals surface area contributed by atoms with Gasteiger partial charge in [0.2, 0.25) is 5.91 Å². The maximum absolute atomic E-state index is 12.6. The number of benzene rings is 1. The zero-order valence-corrected chi connectivity index (χ0v) is 16.0. The van der Waals surface area contributed by atoms with E-state index in [1.54, 1.807) is 6.20 Å². The maximum atomic E-state index is 12.6. The molecule has 0 radical (unpaired) electrons. The fourth-order valence-corrected chi connectivity index (χ4v) is 4.16. The lowest BCUT2D eigenvalue weighted by atomic mass is 10.1. The molecule has 6 heteroatoms. The number of amides is 1. The van der Waals surface area contributed by atoms with Crippen molar-refractivity contribution < 1.29 is 9.53 Å². The SMILES string of the molecule is Cc1cc(C)cc(-n2ccnc2SCC(=O)N2C[C@@H](C)O[C@@H](C)C2)c1. The highest BCUT2D eigenvalue weighted by atomic mass is 32.2. The molecule has 1 aromatic carbocycles. The van der Waals surface area contributed by atoms with Crippen molar-refractivity contribution in [2.45, 2.75) is 45.1 Å². The Morgan fingerprint density at radius 2 is 1.84 bits per heavy atom. The van der Waals surface area contributed by atoms with Crippen molar-refractivity contribution in [3.63, 3.8) is 0 Å². The first-order valence-corrected chi connectivity index (χ1v) is 9.59. The molecule has 134 valence electrons. The van der Waals surface area contributed by atoms with E-state index in [4.69, 9.17) is 4.74 Å². The summed E-state index contributed by atoms with van der Waals surface area (Å²) in [7, 11) is 0. The van der Waals surface area contributed by atoms with Gasteiger partial charge in [0, 0.05) is 31.2 Å². The van der Waals surface area contributed by atoms with Crippen LogP contribution in [0.15, 0.2) is 35.7 Å². The van der Waals surface area contributed by atoms with Crippen molar-refractivity contribution in [1.82, 2.24) is 14.5 Å². The van der Waals surface area contributed by atoms with Gasteiger partial charge < -0.3 is 9.64 Å². The van der Waals surface area contributed by atoms with Gasteiger partial charge in [0.05, 0.1) is 18.0 Å². The molecular weight excluding hydrogens is 334 g/mol. The number of morpholine rings is 1. The molecule has 1 amide bonds. The molecule has 3 rings (SSSR count). The van der Waals surface area contributed by atoms with Gasteiger partial charge in [0.15, 0.2) is 5.16 Å². The van der Waals surface area contributed by atoms with Crippen molar-refractivity contribution in [1.29, 1.82) is 0 Å².